The molecule has 1 heterocycles. The van der Waals surface area contributed by atoms with Crippen LogP contribution in [0.25, 0.3) is 4.85 Å². The highest BCUT2D eigenvalue weighted by Crippen LogP contribution is 2.44. The summed E-state index contributed by atoms with van der Waals surface area (Å²) in [6.45, 7) is 11.5. The monoisotopic (exact) mass is 411 g/mol. The lowest BCUT2D eigenvalue weighted by Crippen LogP contribution is -2.48. The van der Waals surface area contributed by atoms with Crippen LogP contribution in [0.4, 0.5) is 17.1 Å². The Morgan fingerprint density at radius 3 is 2.71 bits per heavy atom. The van der Waals surface area contributed by atoms with Crippen LogP contribution in [0.2, 0.25) is 10.0 Å². The van der Waals surface area contributed by atoms with Crippen molar-refractivity contribution in [3.63, 3.8) is 0 Å². The van der Waals surface area contributed by atoms with Gasteiger partial charge in [0.25, 0.3) is 0 Å². The fourth-order valence-corrected chi connectivity index (χ4v) is 4.70. The number of aliphatic imine (C=N–C) groups is 1. The minimum absolute atomic E-state index is 0.109. The third-order valence-electron chi connectivity index (χ3n) is 5.37. The summed E-state index contributed by atoms with van der Waals surface area (Å²) in [4.78, 5) is 21.6. The van der Waals surface area contributed by atoms with E-state index < -0.39 is 5.92 Å². The summed E-state index contributed by atoms with van der Waals surface area (Å²) in [5.74, 6) is -0.257. The molecule has 2 unspecified atom stereocenters. The number of rotatable bonds is 1. The molecule has 1 N–H and O–H groups in total. The first-order valence-corrected chi connectivity index (χ1v) is 9.88. The molecule has 0 bridgehead atoms. The fourth-order valence-electron chi connectivity index (χ4n) is 4.20. The van der Waals surface area contributed by atoms with E-state index >= 15 is 0 Å². The second-order valence-corrected chi connectivity index (χ2v) is 9.02. The number of Topliss-reactive ketones (excluding diaryl/α,β-unsaturated/α-hetero) is 1. The van der Waals surface area contributed by atoms with Gasteiger partial charge in [0.05, 0.1) is 28.9 Å². The lowest BCUT2D eigenvalue weighted by Gasteiger charge is -2.40. The Labute approximate surface area is 174 Å². The minimum Gasteiger partial charge on any atom is -0.380 e. The molecule has 1 aliphatic carbocycles. The van der Waals surface area contributed by atoms with Crippen molar-refractivity contribution < 1.29 is 4.79 Å². The van der Waals surface area contributed by atoms with Crippen LogP contribution in [0.1, 0.15) is 32.3 Å². The smallest absolute Gasteiger partial charge is 0.189 e. The molecule has 0 saturated heterocycles. The van der Waals surface area contributed by atoms with E-state index in [9.17, 15) is 4.79 Å². The average molecular weight is 412 g/mol. The lowest BCUT2D eigenvalue weighted by atomic mass is 9.67. The number of hydrogen-bond donors (Lipinski definition) is 1. The minimum atomic E-state index is -0.407. The van der Waals surface area contributed by atoms with Crippen molar-refractivity contribution in [1.29, 1.82) is 0 Å². The normalized spacial score (nSPS) is 22.8. The number of halogens is 2. The predicted molar refractivity (Wildman–Crippen MR) is 114 cm³/mol. The van der Waals surface area contributed by atoms with Gasteiger partial charge < -0.3 is 5.32 Å². The zero-order valence-corrected chi connectivity index (χ0v) is 17.1. The van der Waals surface area contributed by atoms with E-state index in [4.69, 9.17) is 34.8 Å². The van der Waals surface area contributed by atoms with Crippen molar-refractivity contribution in [3.8, 4) is 0 Å². The molecule has 142 valence electrons. The molecule has 2 aromatic rings. The van der Waals surface area contributed by atoms with E-state index in [1.165, 1.54) is 0 Å². The SMILES string of the molecule is [C-]#[N+]c1ccc2c(c1)NC1CC(C)(C)CC(=O)C1C(c1ccc(Cl)cc1Cl)=N2. The van der Waals surface area contributed by atoms with Gasteiger partial charge in [-0.15, -0.1) is 0 Å². The molecule has 4 rings (SSSR count). The molecule has 2 aromatic carbocycles. The van der Waals surface area contributed by atoms with E-state index in [0.29, 0.717) is 33.6 Å². The molecule has 4 nitrogen and oxygen atoms in total. The largest absolute Gasteiger partial charge is 0.380 e. The van der Waals surface area contributed by atoms with Crippen LogP contribution in [0.5, 0.6) is 0 Å². The number of carbonyl (C=O) groups excluding carboxylic acids is 1. The molecule has 2 aliphatic rings. The molecular formula is C22H19Cl2N3O. The summed E-state index contributed by atoms with van der Waals surface area (Å²) in [6, 6.07) is 10.5. The first kappa shape index (κ1) is 19.0. The highest BCUT2D eigenvalue weighted by atomic mass is 35.5. The average Bonchev–Trinajstić information content (AvgIpc) is 2.76. The number of carbonyl (C=O) groups is 1. The fraction of sp³-hybridized carbons (Fsp3) is 0.318. The van der Waals surface area contributed by atoms with Gasteiger partial charge in [-0.3, -0.25) is 4.79 Å². The quantitative estimate of drug-likeness (QED) is 0.546. The Kier molecular flexibility index (Phi) is 4.69. The van der Waals surface area contributed by atoms with Gasteiger partial charge in [-0.1, -0.05) is 49.2 Å². The van der Waals surface area contributed by atoms with Gasteiger partial charge in [0.2, 0.25) is 0 Å². The van der Waals surface area contributed by atoms with Crippen molar-refractivity contribution >= 4 is 51.8 Å². The third-order valence-corrected chi connectivity index (χ3v) is 5.92. The summed E-state index contributed by atoms with van der Waals surface area (Å²) in [5, 5.41) is 4.52. The highest BCUT2D eigenvalue weighted by molar-refractivity contribution is 6.37. The summed E-state index contributed by atoms with van der Waals surface area (Å²) in [5.41, 5.74) is 3.28. The highest BCUT2D eigenvalue weighted by Gasteiger charge is 2.45. The van der Waals surface area contributed by atoms with Crippen LogP contribution in [-0.2, 0) is 4.79 Å². The standard InChI is InChI=1S/C22H19Cl2N3O/c1-22(2)10-18-20(19(28)11-22)21(14-6-4-12(23)8-15(14)24)27-16-7-5-13(25-3)9-17(16)26-18/h4-9,18,20,26H,10-11H2,1-2H3. The Hall–Kier alpha value is -2.35. The Morgan fingerprint density at radius 2 is 2.00 bits per heavy atom. The maximum absolute atomic E-state index is 13.2. The first-order chi connectivity index (χ1) is 13.3. The van der Waals surface area contributed by atoms with E-state index in [0.717, 1.165) is 17.7 Å². The van der Waals surface area contributed by atoms with Crippen LogP contribution < -0.4 is 5.32 Å². The Morgan fingerprint density at radius 1 is 1.21 bits per heavy atom. The van der Waals surface area contributed by atoms with Crippen LogP contribution in [0.15, 0.2) is 41.4 Å². The van der Waals surface area contributed by atoms with Gasteiger partial charge in [-0.25, -0.2) is 9.84 Å². The van der Waals surface area contributed by atoms with Crippen LogP contribution >= 0.6 is 23.2 Å². The molecule has 1 fully saturated rings. The zero-order chi connectivity index (χ0) is 20.1. The molecule has 0 spiro atoms. The number of hydrogen-bond acceptors (Lipinski definition) is 3. The van der Waals surface area contributed by atoms with Crippen LogP contribution in [0, 0.1) is 17.9 Å². The Balaban J connectivity index is 1.93. The second-order valence-electron chi connectivity index (χ2n) is 8.17. The molecule has 1 aliphatic heterocycles. The van der Waals surface area contributed by atoms with E-state index in [1.54, 1.807) is 24.3 Å². The molecule has 0 radical (unpaired) electrons. The predicted octanol–water partition coefficient (Wildman–Crippen LogP) is 6.46. The van der Waals surface area contributed by atoms with Crippen molar-refractivity contribution in [2.45, 2.75) is 32.7 Å². The van der Waals surface area contributed by atoms with Crippen molar-refractivity contribution in [2.75, 3.05) is 5.32 Å². The summed E-state index contributed by atoms with van der Waals surface area (Å²) in [6.07, 6.45) is 1.30. The van der Waals surface area contributed by atoms with Gasteiger partial charge >= 0.3 is 0 Å². The number of fused-ring (bicyclic) bond motifs is 2. The number of ketones is 1. The van der Waals surface area contributed by atoms with Crippen molar-refractivity contribution in [2.24, 2.45) is 16.3 Å². The summed E-state index contributed by atoms with van der Waals surface area (Å²) >= 11 is 12.6. The molecule has 28 heavy (non-hydrogen) atoms. The summed E-state index contributed by atoms with van der Waals surface area (Å²) < 4.78 is 0. The molecule has 2 atom stereocenters. The molecular weight excluding hydrogens is 393 g/mol. The topological polar surface area (TPSA) is 45.8 Å². The van der Waals surface area contributed by atoms with E-state index in [1.807, 2.05) is 12.1 Å². The second kappa shape index (κ2) is 6.92. The number of anilines is 1. The van der Waals surface area contributed by atoms with Gasteiger partial charge in [-0.05, 0) is 36.1 Å². The van der Waals surface area contributed by atoms with Crippen LogP contribution in [-0.4, -0.2) is 17.5 Å². The molecule has 1 saturated carbocycles. The molecule has 6 heteroatoms. The number of benzene rings is 2. The van der Waals surface area contributed by atoms with Crippen molar-refractivity contribution in [1.82, 2.24) is 0 Å². The van der Waals surface area contributed by atoms with Gasteiger partial charge in [-0.2, -0.15) is 0 Å². The maximum atomic E-state index is 13.2. The Bertz CT molecular complexity index is 1050. The first-order valence-electron chi connectivity index (χ1n) is 9.12. The van der Waals surface area contributed by atoms with Gasteiger partial charge in [0.15, 0.2) is 5.69 Å². The van der Waals surface area contributed by atoms with E-state index in [2.05, 4.69) is 24.0 Å². The third kappa shape index (κ3) is 3.41. The molecule has 0 amide bonds. The van der Waals surface area contributed by atoms with Crippen molar-refractivity contribution in [3.05, 3.63) is 63.4 Å². The molecule has 0 aromatic heterocycles. The number of nitrogens with one attached hydrogen (secondary N) is 1. The van der Waals surface area contributed by atoms with Crippen LogP contribution in [0.3, 0.4) is 0 Å². The van der Waals surface area contributed by atoms with Gasteiger partial charge in [0, 0.05) is 28.7 Å². The summed E-state index contributed by atoms with van der Waals surface area (Å²) in [7, 11) is 0. The lowest BCUT2D eigenvalue weighted by molar-refractivity contribution is -0.125. The maximum Gasteiger partial charge on any atom is 0.189 e. The van der Waals surface area contributed by atoms with E-state index in [-0.39, 0.29) is 17.2 Å². The van der Waals surface area contributed by atoms with Gasteiger partial charge in [0.1, 0.15) is 5.78 Å². The number of nitrogens with zero attached hydrogens (tertiary/aromatic N) is 2. The zero-order valence-electron chi connectivity index (χ0n) is 15.6.